The van der Waals surface area contributed by atoms with Crippen molar-refractivity contribution in [2.24, 2.45) is 5.92 Å². The van der Waals surface area contributed by atoms with Gasteiger partial charge in [0.1, 0.15) is 12.2 Å². The smallest absolute Gasteiger partial charge is 0.309 e. The van der Waals surface area contributed by atoms with Crippen LogP contribution in [0.5, 0.6) is 0 Å². The molecule has 0 aromatic rings. The van der Waals surface area contributed by atoms with Crippen LogP contribution < -0.4 is 0 Å². The van der Waals surface area contributed by atoms with Gasteiger partial charge < -0.3 is 14.6 Å². The quantitative estimate of drug-likeness (QED) is 0.589. The minimum Gasteiger partial charge on any atom is -0.457 e. The van der Waals surface area contributed by atoms with E-state index in [0.717, 1.165) is 0 Å². The number of aliphatic hydroxyl groups excluding tert-OH is 1. The van der Waals surface area contributed by atoms with Crippen molar-refractivity contribution < 1.29 is 19.4 Å². The molecule has 2 unspecified atom stereocenters. The number of ether oxygens (including phenoxy) is 2. The molecule has 2 saturated heterocycles. The predicted molar refractivity (Wildman–Crippen MR) is 44.0 cm³/mol. The number of hydrogen-bond acceptors (Lipinski definition) is 4. The fraction of sp³-hybridized carbons (Fsp3) is 0.889. The Kier molecular flexibility index (Phi) is 2.04. The van der Waals surface area contributed by atoms with Crippen LogP contribution >= 0.6 is 0 Å². The van der Waals surface area contributed by atoms with Gasteiger partial charge in [-0.25, -0.2) is 0 Å². The Balaban J connectivity index is 2.08. The molecule has 0 radical (unpaired) electrons. The lowest BCUT2D eigenvalue weighted by molar-refractivity contribution is -0.146. The standard InChI is InChI=1S/C9H14O4/c1-4(2)8-7(11)9-5(12-8)3-6(10)13-9/h4-5,7-9,11H,3H2,1-2H3/t5-,7?,8+,9?/m1/s1. The minimum atomic E-state index is -0.656. The van der Waals surface area contributed by atoms with E-state index in [1.807, 2.05) is 13.8 Å². The molecule has 0 aromatic heterocycles. The first-order valence-corrected chi connectivity index (χ1v) is 4.62. The van der Waals surface area contributed by atoms with Crippen molar-refractivity contribution in [2.45, 2.75) is 44.7 Å². The topological polar surface area (TPSA) is 55.8 Å². The molecular weight excluding hydrogens is 172 g/mol. The van der Waals surface area contributed by atoms with Crippen LogP contribution in [0.1, 0.15) is 20.3 Å². The summed E-state index contributed by atoms with van der Waals surface area (Å²) in [6.07, 6.45) is -1.22. The van der Waals surface area contributed by atoms with E-state index in [4.69, 9.17) is 9.47 Å². The summed E-state index contributed by atoms with van der Waals surface area (Å²) in [6, 6.07) is 0. The fourth-order valence-electron chi connectivity index (χ4n) is 1.99. The van der Waals surface area contributed by atoms with Crippen LogP contribution in [-0.2, 0) is 14.3 Å². The molecule has 2 fully saturated rings. The summed E-state index contributed by atoms with van der Waals surface area (Å²) in [6.45, 7) is 3.97. The van der Waals surface area contributed by atoms with Crippen LogP contribution in [0.15, 0.2) is 0 Å². The van der Waals surface area contributed by atoms with Gasteiger partial charge in [0.15, 0.2) is 6.10 Å². The third kappa shape index (κ3) is 1.34. The Hall–Kier alpha value is -0.610. The average molecular weight is 186 g/mol. The molecule has 0 saturated carbocycles. The zero-order valence-electron chi connectivity index (χ0n) is 7.77. The van der Waals surface area contributed by atoms with Gasteiger partial charge in [0, 0.05) is 0 Å². The molecule has 0 aliphatic carbocycles. The SMILES string of the molecule is CC(C)[C@@H]1O[C@@H]2CC(=O)OC2C1O. The molecule has 2 aliphatic heterocycles. The molecule has 0 aromatic carbocycles. The van der Waals surface area contributed by atoms with Gasteiger partial charge in [-0.2, -0.15) is 0 Å². The first-order chi connectivity index (χ1) is 6.09. The van der Waals surface area contributed by atoms with E-state index in [9.17, 15) is 9.90 Å². The number of carbonyl (C=O) groups is 1. The van der Waals surface area contributed by atoms with Crippen LogP contribution in [0.3, 0.4) is 0 Å². The number of rotatable bonds is 1. The molecule has 4 heteroatoms. The summed E-state index contributed by atoms with van der Waals surface area (Å²) >= 11 is 0. The van der Waals surface area contributed by atoms with Crippen molar-refractivity contribution in [2.75, 3.05) is 0 Å². The molecule has 4 nitrogen and oxygen atoms in total. The van der Waals surface area contributed by atoms with E-state index in [-0.39, 0.29) is 30.5 Å². The van der Waals surface area contributed by atoms with E-state index in [2.05, 4.69) is 0 Å². The predicted octanol–water partition coefficient (Wildman–Crippen LogP) is 0.0862. The minimum absolute atomic E-state index is 0.192. The van der Waals surface area contributed by atoms with Gasteiger partial charge in [-0.15, -0.1) is 0 Å². The molecule has 0 amide bonds. The Morgan fingerprint density at radius 1 is 1.54 bits per heavy atom. The largest absolute Gasteiger partial charge is 0.457 e. The van der Waals surface area contributed by atoms with Gasteiger partial charge in [-0.05, 0) is 5.92 Å². The van der Waals surface area contributed by atoms with E-state index >= 15 is 0 Å². The fourth-order valence-corrected chi connectivity index (χ4v) is 1.99. The summed E-state index contributed by atoms with van der Waals surface area (Å²) < 4.78 is 10.5. The van der Waals surface area contributed by atoms with Crippen LogP contribution in [-0.4, -0.2) is 35.5 Å². The third-order valence-electron chi connectivity index (χ3n) is 2.66. The monoisotopic (exact) mass is 186 g/mol. The summed E-state index contributed by atoms with van der Waals surface area (Å²) in [7, 11) is 0. The number of esters is 1. The van der Waals surface area contributed by atoms with Crippen molar-refractivity contribution in [1.82, 2.24) is 0 Å². The summed E-state index contributed by atoms with van der Waals surface area (Å²) in [5.74, 6) is -0.0180. The van der Waals surface area contributed by atoms with E-state index < -0.39 is 12.2 Å². The maximum absolute atomic E-state index is 10.9. The zero-order valence-corrected chi connectivity index (χ0v) is 7.77. The molecule has 2 rings (SSSR count). The van der Waals surface area contributed by atoms with E-state index in [1.165, 1.54) is 0 Å². The van der Waals surface area contributed by atoms with E-state index in [0.29, 0.717) is 0 Å². The molecule has 74 valence electrons. The Bertz CT molecular complexity index is 226. The molecule has 1 N–H and O–H groups in total. The highest BCUT2D eigenvalue weighted by molar-refractivity contribution is 5.73. The van der Waals surface area contributed by atoms with E-state index in [1.54, 1.807) is 0 Å². The number of hydrogen-bond donors (Lipinski definition) is 1. The Morgan fingerprint density at radius 2 is 2.23 bits per heavy atom. The maximum Gasteiger partial charge on any atom is 0.309 e. The summed E-state index contributed by atoms with van der Waals surface area (Å²) in [5.41, 5.74) is 0. The lowest BCUT2D eigenvalue weighted by atomic mass is 10.00. The third-order valence-corrected chi connectivity index (χ3v) is 2.66. The van der Waals surface area contributed by atoms with Gasteiger partial charge in [0.05, 0.1) is 12.5 Å². The molecule has 4 atom stereocenters. The van der Waals surface area contributed by atoms with Crippen molar-refractivity contribution in [3.8, 4) is 0 Å². The van der Waals surface area contributed by atoms with Crippen LogP contribution in [0, 0.1) is 5.92 Å². The molecule has 0 spiro atoms. The number of fused-ring (bicyclic) bond motifs is 1. The highest BCUT2D eigenvalue weighted by Crippen LogP contribution is 2.34. The molecule has 2 heterocycles. The average Bonchev–Trinajstić information content (AvgIpc) is 2.51. The second-order valence-electron chi connectivity index (χ2n) is 4.03. The van der Waals surface area contributed by atoms with Crippen molar-refractivity contribution in [3.63, 3.8) is 0 Å². The summed E-state index contributed by atoms with van der Waals surface area (Å²) in [5, 5.41) is 9.75. The normalized spacial score (nSPS) is 43.8. The maximum atomic E-state index is 10.9. The molecule has 13 heavy (non-hydrogen) atoms. The van der Waals surface area contributed by atoms with Crippen LogP contribution in [0.4, 0.5) is 0 Å². The molecule has 2 aliphatic rings. The Labute approximate surface area is 76.8 Å². The summed E-state index contributed by atoms with van der Waals surface area (Å²) in [4.78, 5) is 10.9. The zero-order chi connectivity index (χ0) is 9.59. The van der Waals surface area contributed by atoms with Crippen molar-refractivity contribution in [3.05, 3.63) is 0 Å². The number of aliphatic hydroxyl groups is 1. The van der Waals surface area contributed by atoms with Crippen molar-refractivity contribution >= 4 is 5.97 Å². The van der Waals surface area contributed by atoms with Gasteiger partial charge in [-0.1, -0.05) is 13.8 Å². The lowest BCUT2D eigenvalue weighted by Gasteiger charge is -2.19. The second kappa shape index (κ2) is 2.96. The second-order valence-corrected chi connectivity index (χ2v) is 4.03. The van der Waals surface area contributed by atoms with Crippen LogP contribution in [0.25, 0.3) is 0 Å². The highest BCUT2D eigenvalue weighted by Gasteiger charge is 2.51. The van der Waals surface area contributed by atoms with Crippen molar-refractivity contribution in [1.29, 1.82) is 0 Å². The van der Waals surface area contributed by atoms with Gasteiger partial charge in [0.25, 0.3) is 0 Å². The first-order valence-electron chi connectivity index (χ1n) is 4.62. The first kappa shape index (κ1) is 8.97. The van der Waals surface area contributed by atoms with Gasteiger partial charge in [-0.3, -0.25) is 4.79 Å². The molecule has 0 bridgehead atoms. The van der Waals surface area contributed by atoms with Gasteiger partial charge >= 0.3 is 5.97 Å². The van der Waals surface area contributed by atoms with Crippen LogP contribution in [0.2, 0.25) is 0 Å². The molecular formula is C9H14O4. The lowest BCUT2D eigenvalue weighted by Crippen LogP contribution is -2.34. The number of carbonyl (C=O) groups excluding carboxylic acids is 1. The van der Waals surface area contributed by atoms with Gasteiger partial charge in [0.2, 0.25) is 0 Å². The highest BCUT2D eigenvalue weighted by atomic mass is 16.6. The Morgan fingerprint density at radius 3 is 2.77 bits per heavy atom.